The zero-order chi connectivity index (χ0) is 15.4. The van der Waals surface area contributed by atoms with E-state index in [1.807, 2.05) is 18.4 Å². The standard InChI is InChI=1S/C15H16F2N2OS/c1-10-6-7-21-13(10)8-19(2)9-14(20)18-15-11(16)4-3-5-12(15)17/h3-7H,8-9H2,1-2H3,(H,18,20). The van der Waals surface area contributed by atoms with Crippen molar-refractivity contribution in [1.82, 2.24) is 4.90 Å². The maximum Gasteiger partial charge on any atom is 0.238 e. The number of nitrogens with one attached hydrogen (secondary N) is 1. The largest absolute Gasteiger partial charge is 0.320 e. The Morgan fingerprint density at radius 1 is 1.29 bits per heavy atom. The molecule has 1 aromatic heterocycles. The summed E-state index contributed by atoms with van der Waals surface area (Å²) in [4.78, 5) is 14.8. The first-order chi connectivity index (χ1) is 9.97. The first-order valence-corrected chi connectivity index (χ1v) is 7.30. The van der Waals surface area contributed by atoms with E-state index in [1.54, 1.807) is 23.3 Å². The Hall–Kier alpha value is -1.79. The number of anilines is 1. The Balaban J connectivity index is 1.94. The summed E-state index contributed by atoms with van der Waals surface area (Å²) in [6, 6.07) is 5.49. The third-order valence-corrected chi connectivity index (χ3v) is 4.03. The summed E-state index contributed by atoms with van der Waals surface area (Å²) in [5, 5.41) is 4.27. The van der Waals surface area contributed by atoms with Crippen LogP contribution in [-0.4, -0.2) is 24.4 Å². The van der Waals surface area contributed by atoms with Crippen LogP contribution in [0.3, 0.4) is 0 Å². The van der Waals surface area contributed by atoms with Crippen molar-refractivity contribution in [3.63, 3.8) is 0 Å². The van der Waals surface area contributed by atoms with Crippen molar-refractivity contribution < 1.29 is 13.6 Å². The molecule has 112 valence electrons. The molecule has 0 fully saturated rings. The monoisotopic (exact) mass is 310 g/mol. The van der Waals surface area contributed by atoms with Gasteiger partial charge in [0, 0.05) is 11.4 Å². The maximum atomic E-state index is 13.4. The summed E-state index contributed by atoms with van der Waals surface area (Å²) < 4.78 is 26.9. The van der Waals surface area contributed by atoms with Crippen molar-refractivity contribution in [3.8, 4) is 0 Å². The van der Waals surface area contributed by atoms with Gasteiger partial charge < -0.3 is 5.32 Å². The molecule has 6 heteroatoms. The van der Waals surface area contributed by atoms with Gasteiger partial charge in [-0.15, -0.1) is 11.3 Å². The molecule has 0 saturated carbocycles. The van der Waals surface area contributed by atoms with Gasteiger partial charge in [0.25, 0.3) is 0 Å². The molecular formula is C15H16F2N2OS. The van der Waals surface area contributed by atoms with Gasteiger partial charge in [-0.1, -0.05) is 6.07 Å². The van der Waals surface area contributed by atoms with Gasteiger partial charge in [0.05, 0.1) is 6.54 Å². The van der Waals surface area contributed by atoms with E-state index in [1.165, 1.54) is 16.5 Å². The molecule has 0 bridgehead atoms. The number of hydrogen-bond acceptors (Lipinski definition) is 3. The van der Waals surface area contributed by atoms with E-state index in [0.717, 1.165) is 12.1 Å². The lowest BCUT2D eigenvalue weighted by molar-refractivity contribution is -0.117. The predicted octanol–water partition coefficient (Wildman–Crippen LogP) is 3.41. The fourth-order valence-electron chi connectivity index (χ4n) is 1.91. The Morgan fingerprint density at radius 3 is 2.52 bits per heavy atom. The van der Waals surface area contributed by atoms with Gasteiger partial charge >= 0.3 is 0 Å². The summed E-state index contributed by atoms with van der Waals surface area (Å²) >= 11 is 1.62. The zero-order valence-electron chi connectivity index (χ0n) is 11.8. The minimum Gasteiger partial charge on any atom is -0.320 e. The van der Waals surface area contributed by atoms with E-state index >= 15 is 0 Å². The Kier molecular flexibility index (Phi) is 5.03. The molecule has 2 aromatic rings. The third-order valence-electron chi connectivity index (χ3n) is 3.02. The molecule has 0 aliphatic rings. The number of carbonyl (C=O) groups excluding carboxylic acids is 1. The summed E-state index contributed by atoms with van der Waals surface area (Å²) in [5.41, 5.74) is 0.774. The van der Waals surface area contributed by atoms with Gasteiger partial charge in [-0.25, -0.2) is 8.78 Å². The average molecular weight is 310 g/mol. The number of para-hydroxylation sites is 1. The van der Waals surface area contributed by atoms with Crippen molar-refractivity contribution in [2.75, 3.05) is 18.9 Å². The van der Waals surface area contributed by atoms with E-state index in [-0.39, 0.29) is 6.54 Å². The van der Waals surface area contributed by atoms with Crippen molar-refractivity contribution in [2.45, 2.75) is 13.5 Å². The summed E-state index contributed by atoms with van der Waals surface area (Å²) in [5.74, 6) is -2.00. The van der Waals surface area contributed by atoms with Crippen LogP contribution in [-0.2, 0) is 11.3 Å². The second-order valence-corrected chi connectivity index (χ2v) is 5.84. The van der Waals surface area contributed by atoms with Crippen LogP contribution in [0, 0.1) is 18.6 Å². The molecule has 0 aliphatic heterocycles. The second kappa shape index (κ2) is 6.78. The number of nitrogens with zero attached hydrogens (tertiary/aromatic N) is 1. The number of carbonyl (C=O) groups is 1. The zero-order valence-corrected chi connectivity index (χ0v) is 12.6. The Bertz CT molecular complexity index is 622. The van der Waals surface area contributed by atoms with Crippen LogP contribution in [0.5, 0.6) is 0 Å². The van der Waals surface area contributed by atoms with Crippen LogP contribution in [0.1, 0.15) is 10.4 Å². The summed E-state index contributed by atoms with van der Waals surface area (Å²) in [6.45, 7) is 2.69. The highest BCUT2D eigenvalue weighted by Crippen LogP contribution is 2.19. The SMILES string of the molecule is Cc1ccsc1CN(C)CC(=O)Nc1c(F)cccc1F. The third kappa shape index (κ3) is 4.09. The van der Waals surface area contributed by atoms with Gasteiger partial charge in [0.2, 0.25) is 5.91 Å². The average Bonchev–Trinajstić information content (AvgIpc) is 2.79. The number of thiophene rings is 1. The number of likely N-dealkylation sites (N-methyl/N-ethyl adjacent to an activating group) is 1. The molecule has 3 nitrogen and oxygen atoms in total. The number of halogens is 2. The quantitative estimate of drug-likeness (QED) is 0.918. The molecule has 1 amide bonds. The highest BCUT2D eigenvalue weighted by molar-refractivity contribution is 7.10. The lowest BCUT2D eigenvalue weighted by atomic mass is 10.2. The van der Waals surface area contributed by atoms with Crippen LogP contribution in [0.15, 0.2) is 29.6 Å². The van der Waals surface area contributed by atoms with Crippen molar-refractivity contribution in [2.24, 2.45) is 0 Å². The van der Waals surface area contributed by atoms with Crippen LogP contribution < -0.4 is 5.32 Å². The molecule has 1 aromatic carbocycles. The van der Waals surface area contributed by atoms with Gasteiger partial charge in [0.1, 0.15) is 17.3 Å². The van der Waals surface area contributed by atoms with Crippen LogP contribution >= 0.6 is 11.3 Å². The van der Waals surface area contributed by atoms with E-state index in [0.29, 0.717) is 6.54 Å². The highest BCUT2D eigenvalue weighted by Gasteiger charge is 2.14. The topological polar surface area (TPSA) is 32.3 Å². The number of benzene rings is 1. The Morgan fingerprint density at radius 2 is 1.95 bits per heavy atom. The smallest absolute Gasteiger partial charge is 0.238 e. The van der Waals surface area contributed by atoms with Gasteiger partial charge in [-0.3, -0.25) is 9.69 Å². The molecular weight excluding hydrogens is 294 g/mol. The fraction of sp³-hybridized carbons (Fsp3) is 0.267. The van der Waals surface area contributed by atoms with Crippen LogP contribution in [0.2, 0.25) is 0 Å². The molecule has 0 spiro atoms. The number of amides is 1. The number of hydrogen-bond donors (Lipinski definition) is 1. The van der Waals surface area contributed by atoms with Crippen LogP contribution in [0.4, 0.5) is 14.5 Å². The first-order valence-electron chi connectivity index (χ1n) is 6.42. The number of aryl methyl sites for hydroxylation is 1. The first kappa shape index (κ1) is 15.6. The van der Waals surface area contributed by atoms with Crippen molar-refractivity contribution >= 4 is 22.9 Å². The molecule has 0 radical (unpaired) electrons. The molecule has 0 atom stereocenters. The van der Waals surface area contributed by atoms with Gasteiger partial charge in [0.15, 0.2) is 0 Å². The summed E-state index contributed by atoms with van der Waals surface area (Å²) in [7, 11) is 1.79. The second-order valence-electron chi connectivity index (χ2n) is 4.84. The van der Waals surface area contributed by atoms with Crippen molar-refractivity contribution in [1.29, 1.82) is 0 Å². The minimum atomic E-state index is -0.778. The number of rotatable bonds is 5. The molecule has 21 heavy (non-hydrogen) atoms. The van der Waals surface area contributed by atoms with Crippen LogP contribution in [0.25, 0.3) is 0 Å². The lowest BCUT2D eigenvalue weighted by Crippen LogP contribution is -2.30. The summed E-state index contributed by atoms with van der Waals surface area (Å²) in [6.07, 6.45) is 0. The fourth-order valence-corrected chi connectivity index (χ4v) is 2.89. The van der Waals surface area contributed by atoms with Gasteiger partial charge in [-0.2, -0.15) is 0 Å². The van der Waals surface area contributed by atoms with Crippen molar-refractivity contribution in [3.05, 3.63) is 51.7 Å². The molecule has 0 unspecified atom stereocenters. The molecule has 0 saturated heterocycles. The minimum absolute atomic E-state index is 0.0606. The van der Waals surface area contributed by atoms with E-state index < -0.39 is 23.2 Å². The van der Waals surface area contributed by atoms with Gasteiger partial charge in [-0.05, 0) is 43.1 Å². The maximum absolute atomic E-state index is 13.4. The highest BCUT2D eigenvalue weighted by atomic mass is 32.1. The molecule has 2 rings (SSSR count). The lowest BCUT2D eigenvalue weighted by Gasteiger charge is -2.16. The predicted molar refractivity (Wildman–Crippen MR) is 80.4 cm³/mol. The van der Waals surface area contributed by atoms with E-state index in [2.05, 4.69) is 5.32 Å². The normalized spacial score (nSPS) is 10.9. The molecule has 1 heterocycles. The molecule has 1 N–H and O–H groups in total. The van der Waals surface area contributed by atoms with E-state index in [9.17, 15) is 13.6 Å². The van der Waals surface area contributed by atoms with E-state index in [4.69, 9.17) is 0 Å². The Labute approximate surface area is 126 Å². The molecule has 0 aliphatic carbocycles.